The first-order valence-electron chi connectivity index (χ1n) is 8.23. The standard InChI is InChI=1S/C20H24O4/c1-3-4-12-24-18-11-10-15(14-19(18)23-2)13-17(20(21)22)16-8-6-5-7-9-16/h5-11,14,17H,3-4,12-13H2,1-2H3,(H,21,22). The van der Waals surface area contributed by atoms with Crippen molar-refractivity contribution in [3.05, 3.63) is 59.7 Å². The van der Waals surface area contributed by atoms with Gasteiger partial charge in [-0.15, -0.1) is 0 Å². The van der Waals surface area contributed by atoms with Crippen molar-refractivity contribution in [1.29, 1.82) is 0 Å². The number of carboxylic acid groups (broad SMARTS) is 1. The maximum Gasteiger partial charge on any atom is 0.311 e. The number of unbranched alkanes of at least 4 members (excludes halogenated alkanes) is 1. The minimum atomic E-state index is -0.830. The lowest BCUT2D eigenvalue weighted by Crippen LogP contribution is -2.14. The number of hydrogen-bond donors (Lipinski definition) is 1. The number of aliphatic carboxylic acids is 1. The van der Waals surface area contributed by atoms with Crippen LogP contribution < -0.4 is 9.47 Å². The fourth-order valence-corrected chi connectivity index (χ4v) is 2.55. The van der Waals surface area contributed by atoms with E-state index >= 15 is 0 Å². The van der Waals surface area contributed by atoms with Crippen molar-refractivity contribution in [1.82, 2.24) is 0 Å². The van der Waals surface area contributed by atoms with Crippen LogP contribution in [0.4, 0.5) is 0 Å². The molecule has 1 atom stereocenters. The highest BCUT2D eigenvalue weighted by Gasteiger charge is 2.20. The van der Waals surface area contributed by atoms with E-state index in [1.54, 1.807) is 7.11 Å². The zero-order chi connectivity index (χ0) is 17.4. The Hall–Kier alpha value is -2.49. The Labute approximate surface area is 143 Å². The number of carbonyl (C=O) groups is 1. The molecule has 0 bridgehead atoms. The predicted molar refractivity (Wildman–Crippen MR) is 93.9 cm³/mol. The molecule has 2 aromatic rings. The molecule has 128 valence electrons. The fourth-order valence-electron chi connectivity index (χ4n) is 2.55. The average Bonchev–Trinajstić information content (AvgIpc) is 2.61. The van der Waals surface area contributed by atoms with E-state index in [2.05, 4.69) is 6.92 Å². The molecule has 0 aliphatic rings. The van der Waals surface area contributed by atoms with Crippen LogP contribution in [0.25, 0.3) is 0 Å². The van der Waals surface area contributed by atoms with Crippen molar-refractivity contribution in [2.24, 2.45) is 0 Å². The lowest BCUT2D eigenvalue weighted by molar-refractivity contribution is -0.138. The largest absolute Gasteiger partial charge is 0.493 e. The van der Waals surface area contributed by atoms with Gasteiger partial charge in [0.2, 0.25) is 0 Å². The van der Waals surface area contributed by atoms with Gasteiger partial charge in [0.1, 0.15) is 0 Å². The van der Waals surface area contributed by atoms with Crippen molar-refractivity contribution in [3.63, 3.8) is 0 Å². The van der Waals surface area contributed by atoms with Gasteiger partial charge in [0.15, 0.2) is 11.5 Å². The van der Waals surface area contributed by atoms with Crippen molar-refractivity contribution < 1.29 is 19.4 Å². The Morgan fingerprint density at radius 1 is 1.12 bits per heavy atom. The molecule has 0 spiro atoms. The molecule has 2 rings (SSSR count). The first kappa shape index (κ1) is 17.9. The molecule has 0 fully saturated rings. The summed E-state index contributed by atoms with van der Waals surface area (Å²) < 4.78 is 11.1. The van der Waals surface area contributed by atoms with Crippen LogP contribution in [0.5, 0.6) is 11.5 Å². The lowest BCUT2D eigenvalue weighted by Gasteiger charge is -2.15. The van der Waals surface area contributed by atoms with Gasteiger partial charge in [-0.05, 0) is 36.1 Å². The molecule has 0 amide bonds. The van der Waals surface area contributed by atoms with Crippen LogP contribution in [-0.4, -0.2) is 24.8 Å². The van der Waals surface area contributed by atoms with Gasteiger partial charge in [-0.3, -0.25) is 4.79 Å². The summed E-state index contributed by atoms with van der Waals surface area (Å²) in [6, 6.07) is 14.9. The van der Waals surface area contributed by atoms with E-state index in [-0.39, 0.29) is 0 Å². The van der Waals surface area contributed by atoms with E-state index in [0.29, 0.717) is 24.5 Å². The summed E-state index contributed by atoms with van der Waals surface area (Å²) in [5.74, 6) is -0.0757. The van der Waals surface area contributed by atoms with Crippen LogP contribution in [0, 0.1) is 0 Å². The number of ether oxygens (including phenoxy) is 2. The molecular weight excluding hydrogens is 304 g/mol. The number of methoxy groups -OCH3 is 1. The van der Waals surface area contributed by atoms with Gasteiger partial charge in [-0.25, -0.2) is 0 Å². The average molecular weight is 328 g/mol. The Morgan fingerprint density at radius 3 is 2.50 bits per heavy atom. The van der Waals surface area contributed by atoms with E-state index < -0.39 is 11.9 Å². The third-order valence-electron chi connectivity index (χ3n) is 3.92. The Balaban J connectivity index is 2.17. The van der Waals surface area contributed by atoms with E-state index in [4.69, 9.17) is 9.47 Å². The third kappa shape index (κ3) is 4.75. The Kier molecular flexibility index (Phi) is 6.67. The van der Waals surface area contributed by atoms with Crippen molar-refractivity contribution >= 4 is 5.97 Å². The van der Waals surface area contributed by atoms with Gasteiger partial charge < -0.3 is 14.6 Å². The quantitative estimate of drug-likeness (QED) is 0.698. The Bertz CT molecular complexity index is 652. The maximum atomic E-state index is 11.6. The van der Waals surface area contributed by atoms with Crippen LogP contribution >= 0.6 is 0 Å². The molecule has 0 aliphatic carbocycles. The van der Waals surface area contributed by atoms with Gasteiger partial charge in [-0.2, -0.15) is 0 Å². The van der Waals surface area contributed by atoms with E-state index in [0.717, 1.165) is 24.0 Å². The summed E-state index contributed by atoms with van der Waals surface area (Å²) in [5.41, 5.74) is 1.71. The lowest BCUT2D eigenvalue weighted by atomic mass is 9.92. The minimum Gasteiger partial charge on any atom is -0.493 e. The summed E-state index contributed by atoms with van der Waals surface area (Å²) in [5, 5.41) is 9.56. The molecule has 1 N–H and O–H groups in total. The topological polar surface area (TPSA) is 55.8 Å². The van der Waals surface area contributed by atoms with Crippen LogP contribution in [0.15, 0.2) is 48.5 Å². The first-order chi connectivity index (χ1) is 11.7. The molecule has 0 saturated heterocycles. The van der Waals surface area contributed by atoms with E-state index in [9.17, 15) is 9.90 Å². The molecule has 0 saturated carbocycles. The molecule has 0 radical (unpaired) electrons. The summed E-state index contributed by atoms with van der Waals surface area (Å²) in [7, 11) is 1.59. The zero-order valence-corrected chi connectivity index (χ0v) is 14.2. The number of benzene rings is 2. The molecule has 2 aromatic carbocycles. The van der Waals surface area contributed by atoms with Crippen molar-refractivity contribution in [2.75, 3.05) is 13.7 Å². The second-order valence-electron chi connectivity index (χ2n) is 5.69. The predicted octanol–water partition coefficient (Wildman–Crippen LogP) is 4.29. The SMILES string of the molecule is CCCCOc1ccc(CC(C(=O)O)c2ccccc2)cc1OC. The normalized spacial score (nSPS) is 11.8. The third-order valence-corrected chi connectivity index (χ3v) is 3.92. The first-order valence-corrected chi connectivity index (χ1v) is 8.23. The molecule has 4 heteroatoms. The van der Waals surface area contributed by atoms with Gasteiger partial charge in [-0.1, -0.05) is 49.7 Å². The van der Waals surface area contributed by atoms with Gasteiger partial charge in [0.25, 0.3) is 0 Å². The molecular formula is C20H24O4. The number of carboxylic acids is 1. The summed E-state index contributed by atoms with van der Waals surface area (Å²) in [6.45, 7) is 2.76. The molecule has 4 nitrogen and oxygen atoms in total. The van der Waals surface area contributed by atoms with Gasteiger partial charge >= 0.3 is 5.97 Å². The van der Waals surface area contributed by atoms with Crippen molar-refractivity contribution in [3.8, 4) is 11.5 Å². The second-order valence-corrected chi connectivity index (χ2v) is 5.69. The van der Waals surface area contributed by atoms with E-state index in [1.807, 2.05) is 48.5 Å². The van der Waals surface area contributed by atoms with Crippen LogP contribution in [0.1, 0.15) is 36.8 Å². The zero-order valence-electron chi connectivity index (χ0n) is 14.2. The summed E-state index contributed by atoms with van der Waals surface area (Å²) >= 11 is 0. The van der Waals surface area contributed by atoms with Crippen molar-refractivity contribution in [2.45, 2.75) is 32.1 Å². The Morgan fingerprint density at radius 2 is 1.88 bits per heavy atom. The van der Waals surface area contributed by atoms with Crippen LogP contribution in [0.3, 0.4) is 0 Å². The van der Waals surface area contributed by atoms with Crippen LogP contribution in [-0.2, 0) is 11.2 Å². The molecule has 1 unspecified atom stereocenters. The molecule has 0 aromatic heterocycles. The van der Waals surface area contributed by atoms with Gasteiger partial charge in [0.05, 0.1) is 19.6 Å². The van der Waals surface area contributed by atoms with E-state index in [1.165, 1.54) is 0 Å². The highest BCUT2D eigenvalue weighted by atomic mass is 16.5. The molecule has 0 heterocycles. The fraction of sp³-hybridized carbons (Fsp3) is 0.350. The maximum absolute atomic E-state index is 11.6. The van der Waals surface area contributed by atoms with Gasteiger partial charge in [0, 0.05) is 0 Å². The summed E-state index contributed by atoms with van der Waals surface area (Å²) in [6.07, 6.45) is 2.46. The molecule has 24 heavy (non-hydrogen) atoms. The summed E-state index contributed by atoms with van der Waals surface area (Å²) in [4.78, 5) is 11.6. The highest BCUT2D eigenvalue weighted by molar-refractivity contribution is 5.76. The smallest absolute Gasteiger partial charge is 0.311 e. The highest BCUT2D eigenvalue weighted by Crippen LogP contribution is 2.30. The van der Waals surface area contributed by atoms with Crippen LogP contribution in [0.2, 0.25) is 0 Å². The number of hydrogen-bond acceptors (Lipinski definition) is 3. The molecule has 0 aliphatic heterocycles. The second kappa shape index (κ2) is 8.96. The number of rotatable bonds is 9. The monoisotopic (exact) mass is 328 g/mol. The minimum absolute atomic E-state index is 0.408.